The van der Waals surface area contributed by atoms with E-state index in [1.54, 1.807) is 0 Å². The van der Waals surface area contributed by atoms with Gasteiger partial charge < -0.3 is 16.0 Å². The molecule has 11 heavy (non-hydrogen) atoms. The number of likely N-dealkylation sites (N-methyl/N-ethyl adjacent to an activating group) is 1. The predicted octanol–water partition coefficient (Wildman–Crippen LogP) is -0.127. The van der Waals surface area contributed by atoms with Crippen LogP contribution in [0, 0.1) is 0 Å². The molecule has 68 valence electrons. The van der Waals surface area contributed by atoms with Crippen molar-refractivity contribution in [2.24, 2.45) is 5.73 Å². The Morgan fingerprint density at radius 2 is 1.91 bits per heavy atom. The van der Waals surface area contributed by atoms with Crippen molar-refractivity contribution >= 4 is 0 Å². The lowest BCUT2D eigenvalue weighted by atomic mass is 10.2. The van der Waals surface area contributed by atoms with Gasteiger partial charge in [-0.15, -0.1) is 0 Å². The fourth-order valence-electron chi connectivity index (χ4n) is 0.638. The van der Waals surface area contributed by atoms with Crippen molar-refractivity contribution in [1.29, 1.82) is 0 Å². The van der Waals surface area contributed by atoms with Gasteiger partial charge in [0.25, 0.3) is 0 Å². The van der Waals surface area contributed by atoms with Crippen LogP contribution in [-0.4, -0.2) is 44.2 Å². The Labute approximate surface area is 69.9 Å². The Kier molecular flexibility index (Phi) is 5.46. The van der Waals surface area contributed by atoms with E-state index in [4.69, 9.17) is 5.73 Å². The van der Waals surface area contributed by atoms with Crippen LogP contribution in [0.25, 0.3) is 0 Å². The maximum Gasteiger partial charge on any atom is 0.0186 e. The molecule has 0 aliphatic heterocycles. The van der Waals surface area contributed by atoms with Crippen molar-refractivity contribution in [1.82, 2.24) is 10.2 Å². The molecule has 0 amide bonds. The summed E-state index contributed by atoms with van der Waals surface area (Å²) in [5.74, 6) is 0. The zero-order valence-corrected chi connectivity index (χ0v) is 8.09. The lowest BCUT2D eigenvalue weighted by molar-refractivity contribution is 0.296. The van der Waals surface area contributed by atoms with Gasteiger partial charge in [-0.25, -0.2) is 0 Å². The molecule has 0 fully saturated rings. The highest BCUT2D eigenvalue weighted by atomic mass is 15.1. The average molecular weight is 159 g/mol. The Hall–Kier alpha value is -0.120. The molecule has 0 aromatic heterocycles. The maximum absolute atomic E-state index is 5.46. The van der Waals surface area contributed by atoms with Crippen LogP contribution < -0.4 is 11.1 Å². The zero-order chi connectivity index (χ0) is 8.85. The number of nitrogens with one attached hydrogen (secondary N) is 1. The molecule has 0 saturated carbocycles. The van der Waals surface area contributed by atoms with Crippen molar-refractivity contribution in [2.75, 3.05) is 27.2 Å². The van der Waals surface area contributed by atoms with Gasteiger partial charge in [-0.2, -0.15) is 0 Å². The van der Waals surface area contributed by atoms with Crippen LogP contribution in [0.1, 0.15) is 13.8 Å². The van der Waals surface area contributed by atoms with E-state index in [9.17, 15) is 0 Å². The molecule has 0 aromatic rings. The third kappa shape index (κ3) is 5.18. The van der Waals surface area contributed by atoms with Gasteiger partial charge in [-0.05, 0) is 27.9 Å². The minimum atomic E-state index is 0.428. The highest BCUT2D eigenvalue weighted by Crippen LogP contribution is 1.89. The molecule has 0 radical (unpaired) electrons. The molecule has 0 rings (SSSR count). The summed E-state index contributed by atoms with van der Waals surface area (Å²) in [5, 5.41) is 3.35. The molecule has 0 spiro atoms. The maximum atomic E-state index is 5.46. The highest BCUT2D eigenvalue weighted by Gasteiger charge is 2.04. The molecule has 3 N–H and O–H groups in total. The van der Waals surface area contributed by atoms with Gasteiger partial charge >= 0.3 is 0 Å². The van der Waals surface area contributed by atoms with Crippen LogP contribution in [0.3, 0.4) is 0 Å². The van der Waals surface area contributed by atoms with Gasteiger partial charge in [-0.3, -0.25) is 0 Å². The summed E-state index contributed by atoms with van der Waals surface area (Å²) in [6.07, 6.45) is 0. The Morgan fingerprint density at radius 1 is 1.36 bits per heavy atom. The second-order valence-corrected chi connectivity index (χ2v) is 3.36. The summed E-state index contributed by atoms with van der Waals surface area (Å²) < 4.78 is 0. The quantitative estimate of drug-likeness (QED) is 0.587. The number of nitrogens with two attached hydrogens (primary N) is 1. The molecule has 2 unspecified atom stereocenters. The lowest BCUT2D eigenvalue weighted by Crippen LogP contribution is -2.41. The van der Waals surface area contributed by atoms with E-state index < -0.39 is 0 Å². The monoisotopic (exact) mass is 159 g/mol. The molecule has 0 bridgehead atoms. The number of hydrogen-bond donors (Lipinski definition) is 2. The molecular weight excluding hydrogens is 138 g/mol. The topological polar surface area (TPSA) is 41.3 Å². The summed E-state index contributed by atoms with van der Waals surface area (Å²) in [6.45, 7) is 6.00. The standard InChI is InChI=1S/C8H21N3/c1-7(5-9)10-6-8(2)11(3)4/h7-8,10H,5-6,9H2,1-4H3. The third-order valence-electron chi connectivity index (χ3n) is 2.00. The molecule has 0 saturated heterocycles. The van der Waals surface area contributed by atoms with E-state index in [1.807, 2.05) is 0 Å². The van der Waals surface area contributed by atoms with E-state index in [-0.39, 0.29) is 0 Å². The zero-order valence-electron chi connectivity index (χ0n) is 8.09. The number of rotatable bonds is 5. The fraction of sp³-hybridized carbons (Fsp3) is 1.00. The molecule has 0 aromatic carbocycles. The third-order valence-corrected chi connectivity index (χ3v) is 2.00. The molecule has 0 aliphatic carbocycles. The van der Waals surface area contributed by atoms with E-state index in [1.165, 1.54) is 0 Å². The summed E-state index contributed by atoms with van der Waals surface area (Å²) in [7, 11) is 4.17. The van der Waals surface area contributed by atoms with E-state index in [0.717, 1.165) is 6.54 Å². The van der Waals surface area contributed by atoms with Gasteiger partial charge in [0.2, 0.25) is 0 Å². The SMILES string of the molecule is CC(CN)NCC(C)N(C)C. The van der Waals surface area contributed by atoms with Crippen LogP contribution in [0.15, 0.2) is 0 Å². The predicted molar refractivity (Wildman–Crippen MR) is 49.7 cm³/mol. The molecule has 3 nitrogen and oxygen atoms in total. The number of hydrogen-bond acceptors (Lipinski definition) is 3. The van der Waals surface area contributed by atoms with Crippen LogP contribution in [-0.2, 0) is 0 Å². The largest absolute Gasteiger partial charge is 0.329 e. The van der Waals surface area contributed by atoms with E-state index in [2.05, 4.69) is 38.2 Å². The van der Waals surface area contributed by atoms with Crippen molar-refractivity contribution in [2.45, 2.75) is 25.9 Å². The highest BCUT2D eigenvalue weighted by molar-refractivity contribution is 4.67. The molecule has 2 atom stereocenters. The van der Waals surface area contributed by atoms with Crippen molar-refractivity contribution in [3.8, 4) is 0 Å². The van der Waals surface area contributed by atoms with Crippen LogP contribution in [0.4, 0.5) is 0 Å². The normalized spacial score (nSPS) is 16.9. The summed E-state index contributed by atoms with van der Waals surface area (Å²) in [4.78, 5) is 2.19. The molecule has 0 aliphatic rings. The van der Waals surface area contributed by atoms with Crippen LogP contribution >= 0.6 is 0 Å². The minimum Gasteiger partial charge on any atom is -0.329 e. The summed E-state index contributed by atoms with van der Waals surface area (Å²) >= 11 is 0. The van der Waals surface area contributed by atoms with E-state index >= 15 is 0 Å². The Morgan fingerprint density at radius 3 is 2.27 bits per heavy atom. The average Bonchev–Trinajstić information content (AvgIpc) is 1.99. The Balaban J connectivity index is 3.37. The molecule has 3 heteroatoms. The van der Waals surface area contributed by atoms with Gasteiger partial charge in [0.1, 0.15) is 0 Å². The van der Waals surface area contributed by atoms with Crippen LogP contribution in [0.2, 0.25) is 0 Å². The first-order valence-corrected chi connectivity index (χ1v) is 4.17. The fourth-order valence-corrected chi connectivity index (χ4v) is 0.638. The van der Waals surface area contributed by atoms with E-state index in [0.29, 0.717) is 18.6 Å². The molecule has 0 heterocycles. The first kappa shape index (κ1) is 10.9. The lowest BCUT2D eigenvalue weighted by Gasteiger charge is -2.22. The van der Waals surface area contributed by atoms with Crippen molar-refractivity contribution in [3.05, 3.63) is 0 Å². The van der Waals surface area contributed by atoms with Gasteiger partial charge in [0.05, 0.1) is 0 Å². The smallest absolute Gasteiger partial charge is 0.0186 e. The summed E-state index contributed by atoms with van der Waals surface area (Å²) in [5.41, 5.74) is 5.46. The second kappa shape index (κ2) is 5.52. The van der Waals surface area contributed by atoms with Crippen molar-refractivity contribution < 1.29 is 0 Å². The number of nitrogens with zero attached hydrogens (tertiary/aromatic N) is 1. The van der Waals surface area contributed by atoms with Crippen molar-refractivity contribution in [3.63, 3.8) is 0 Å². The Bertz CT molecular complexity index is 93.3. The second-order valence-electron chi connectivity index (χ2n) is 3.36. The first-order chi connectivity index (χ1) is 5.07. The van der Waals surface area contributed by atoms with Crippen LogP contribution in [0.5, 0.6) is 0 Å². The van der Waals surface area contributed by atoms with Gasteiger partial charge in [0, 0.05) is 25.2 Å². The first-order valence-electron chi connectivity index (χ1n) is 4.17. The molecular formula is C8H21N3. The van der Waals surface area contributed by atoms with Gasteiger partial charge in [0.15, 0.2) is 0 Å². The minimum absolute atomic E-state index is 0.428. The van der Waals surface area contributed by atoms with Gasteiger partial charge in [-0.1, -0.05) is 0 Å². The summed E-state index contributed by atoms with van der Waals surface area (Å²) in [6, 6.07) is 1.00.